The van der Waals surface area contributed by atoms with Gasteiger partial charge in [0.1, 0.15) is 18.3 Å². The molecule has 0 saturated heterocycles. The number of cyclic esters (lactones) is 1. The highest BCUT2D eigenvalue weighted by atomic mass is 35.5. The first-order chi connectivity index (χ1) is 21.5. The molecular formula is C38H63ClO6Si2. The van der Waals surface area contributed by atoms with Crippen LogP contribution >= 0.6 is 11.6 Å². The summed E-state index contributed by atoms with van der Waals surface area (Å²) in [5, 5.41) is 0.0885. The van der Waals surface area contributed by atoms with Crippen LogP contribution in [0, 0.1) is 29.6 Å². The molecule has 6 nitrogen and oxygen atoms in total. The highest BCUT2D eigenvalue weighted by Gasteiger charge is 2.47. The van der Waals surface area contributed by atoms with Crippen LogP contribution in [0.3, 0.4) is 0 Å². The Morgan fingerprint density at radius 1 is 0.936 bits per heavy atom. The molecule has 0 N–H and O–H groups in total. The summed E-state index contributed by atoms with van der Waals surface area (Å²) in [5.41, 5.74) is 1.02. The fraction of sp³-hybridized carbons (Fsp3) is 0.737. The number of halogens is 1. The van der Waals surface area contributed by atoms with Crippen molar-refractivity contribution in [1.82, 2.24) is 0 Å². The Morgan fingerprint density at radius 2 is 1.51 bits per heavy atom. The number of esters is 1. The molecule has 1 fully saturated rings. The van der Waals surface area contributed by atoms with Crippen molar-refractivity contribution in [2.75, 3.05) is 7.11 Å². The van der Waals surface area contributed by atoms with Crippen molar-refractivity contribution in [3.63, 3.8) is 0 Å². The lowest BCUT2D eigenvalue weighted by molar-refractivity contribution is -0.149. The van der Waals surface area contributed by atoms with Crippen LogP contribution < -0.4 is 0 Å². The molecule has 2 aliphatic rings. The van der Waals surface area contributed by atoms with E-state index < -0.39 is 34.8 Å². The van der Waals surface area contributed by atoms with Gasteiger partial charge in [-0.3, -0.25) is 9.59 Å². The molecule has 0 aromatic carbocycles. The topological polar surface area (TPSA) is 71.1 Å². The average Bonchev–Trinajstić information content (AvgIpc) is 3.63. The van der Waals surface area contributed by atoms with E-state index in [4.69, 9.17) is 29.9 Å². The lowest BCUT2D eigenvalue weighted by atomic mass is 9.83. The molecule has 1 aliphatic heterocycles. The fourth-order valence-electron chi connectivity index (χ4n) is 5.18. The zero-order valence-corrected chi connectivity index (χ0v) is 34.4. The van der Waals surface area contributed by atoms with E-state index in [1.165, 1.54) is 0 Å². The van der Waals surface area contributed by atoms with Crippen molar-refractivity contribution in [3.8, 4) is 11.8 Å². The quantitative estimate of drug-likeness (QED) is 0.0500. The predicted molar refractivity (Wildman–Crippen MR) is 200 cm³/mol. The SMILES string of the molecule is CO[C@@H]1/C=C(\C)C[C@H](/C=C/C=C/C#C[C@@H]2C[C@H]2Cl)OC(=O)CC(=O)C[C@H](O[Si](C)(C)C(C)(C)C)[C@@H](C)[C@H](O[Si](C)(C)C(C)(C)C)[C@@H]1C. The number of hydrogen-bond donors (Lipinski definition) is 0. The lowest BCUT2D eigenvalue weighted by Crippen LogP contribution is -2.53. The number of alkyl halides is 1. The van der Waals surface area contributed by atoms with E-state index in [2.05, 4.69) is 99.5 Å². The van der Waals surface area contributed by atoms with Crippen LogP contribution in [0.5, 0.6) is 0 Å². The molecule has 266 valence electrons. The third-order valence-corrected chi connectivity index (χ3v) is 20.0. The Labute approximate surface area is 293 Å². The first kappa shape index (κ1) is 41.7. The van der Waals surface area contributed by atoms with Crippen LogP contribution in [-0.4, -0.2) is 65.3 Å². The number of rotatable bonds is 7. The number of Topliss-reactive ketones (excluding diaryl/α,β-unsaturated/α-hetero) is 1. The molecule has 0 bridgehead atoms. The van der Waals surface area contributed by atoms with E-state index in [-0.39, 0.29) is 64.0 Å². The van der Waals surface area contributed by atoms with E-state index in [0.29, 0.717) is 6.42 Å². The van der Waals surface area contributed by atoms with Gasteiger partial charge in [0, 0.05) is 43.1 Å². The predicted octanol–water partition coefficient (Wildman–Crippen LogP) is 9.41. The van der Waals surface area contributed by atoms with Gasteiger partial charge in [0.05, 0.1) is 18.3 Å². The van der Waals surface area contributed by atoms with Gasteiger partial charge in [0.25, 0.3) is 0 Å². The maximum atomic E-state index is 13.6. The summed E-state index contributed by atoms with van der Waals surface area (Å²) in [6.45, 7) is 28.6. The number of carbonyl (C=O) groups is 2. The number of hydrogen-bond acceptors (Lipinski definition) is 6. The summed E-state index contributed by atoms with van der Waals surface area (Å²) >= 11 is 6.03. The first-order valence-corrected chi connectivity index (χ1v) is 23.5. The molecular weight excluding hydrogens is 644 g/mol. The Bertz CT molecular complexity index is 1230. The normalized spacial score (nSPS) is 31.9. The number of ketones is 1. The maximum absolute atomic E-state index is 13.6. The van der Waals surface area contributed by atoms with Crippen LogP contribution in [0.25, 0.3) is 0 Å². The van der Waals surface area contributed by atoms with Gasteiger partial charge in [-0.05, 0) is 61.8 Å². The molecule has 0 radical (unpaired) electrons. The molecule has 1 saturated carbocycles. The Kier molecular flexibility index (Phi) is 15.0. The van der Waals surface area contributed by atoms with Crippen LogP contribution in [0.1, 0.15) is 88.0 Å². The van der Waals surface area contributed by atoms with Crippen molar-refractivity contribution in [1.29, 1.82) is 0 Å². The highest BCUT2D eigenvalue weighted by molar-refractivity contribution is 6.74. The van der Waals surface area contributed by atoms with E-state index in [9.17, 15) is 9.59 Å². The molecule has 9 heteroatoms. The zero-order valence-electron chi connectivity index (χ0n) is 31.7. The first-order valence-electron chi connectivity index (χ1n) is 17.2. The fourth-order valence-corrected chi connectivity index (χ4v) is 8.30. The second-order valence-corrected chi connectivity index (χ2v) is 26.8. The summed E-state index contributed by atoms with van der Waals surface area (Å²) in [4.78, 5) is 26.8. The number of ether oxygens (including phenoxy) is 2. The second-order valence-electron chi connectivity index (χ2n) is 16.7. The second kappa shape index (κ2) is 17.0. The zero-order chi connectivity index (χ0) is 36.0. The minimum atomic E-state index is -2.30. The molecule has 1 heterocycles. The van der Waals surface area contributed by atoms with Crippen LogP contribution in [0.15, 0.2) is 36.0 Å². The molecule has 47 heavy (non-hydrogen) atoms. The van der Waals surface area contributed by atoms with Crippen LogP contribution in [0.2, 0.25) is 36.3 Å². The number of allylic oxidation sites excluding steroid dienone is 3. The van der Waals surface area contributed by atoms with Crippen molar-refractivity contribution < 1.29 is 27.9 Å². The van der Waals surface area contributed by atoms with Gasteiger partial charge in [-0.25, -0.2) is 0 Å². The smallest absolute Gasteiger partial charge is 0.313 e. The standard InChI is InChI=1S/C38H63ClO6Si2/c1-26-21-31(20-18-16-15-17-19-29-23-32(29)39)43-35(41)25-30(40)24-34(44-46(11,12)37(4,5)6)28(3)36(27(2)33(22-26)42-10)45-47(13,14)38(7,8)9/h15-16,18,20,22,27-29,31-34,36H,21,23-25H2,1-14H3/b16-15+,20-18+,26-22+/t27-,28-,29-,31+,32-,33-,34+,36-/m1/s1. The summed E-state index contributed by atoms with van der Waals surface area (Å²) in [7, 11) is -2.82. The third-order valence-electron chi connectivity index (χ3n) is 10.5. The lowest BCUT2D eigenvalue weighted by Gasteiger charge is -2.47. The van der Waals surface area contributed by atoms with Gasteiger partial charge in [-0.15, -0.1) is 11.6 Å². The van der Waals surface area contributed by atoms with Gasteiger partial charge < -0.3 is 18.3 Å². The average molecular weight is 708 g/mol. The minimum Gasteiger partial charge on any atom is -0.457 e. The molecule has 8 atom stereocenters. The van der Waals surface area contributed by atoms with Gasteiger partial charge >= 0.3 is 5.97 Å². The summed E-state index contributed by atoms with van der Waals surface area (Å²) in [6.07, 6.45) is 9.15. The molecule has 1 aliphatic carbocycles. The maximum Gasteiger partial charge on any atom is 0.313 e. The molecule has 0 unspecified atom stereocenters. The molecule has 2 rings (SSSR count). The highest BCUT2D eigenvalue weighted by Crippen LogP contribution is 2.43. The molecule has 0 spiro atoms. The molecule has 0 aromatic rings. The van der Waals surface area contributed by atoms with Gasteiger partial charge in [-0.2, -0.15) is 0 Å². The van der Waals surface area contributed by atoms with Crippen molar-refractivity contribution in [2.24, 2.45) is 17.8 Å². The van der Waals surface area contributed by atoms with Crippen molar-refractivity contribution in [2.45, 2.75) is 154 Å². The van der Waals surface area contributed by atoms with Gasteiger partial charge in [-0.1, -0.05) is 91.0 Å². The summed E-state index contributed by atoms with van der Waals surface area (Å²) in [6, 6.07) is 0. The van der Waals surface area contributed by atoms with Gasteiger partial charge in [0.2, 0.25) is 0 Å². The van der Waals surface area contributed by atoms with E-state index in [1.807, 2.05) is 25.2 Å². The van der Waals surface area contributed by atoms with Crippen molar-refractivity contribution in [3.05, 3.63) is 36.0 Å². The van der Waals surface area contributed by atoms with Crippen molar-refractivity contribution >= 4 is 40.0 Å². The van der Waals surface area contributed by atoms with Gasteiger partial charge in [0.15, 0.2) is 16.6 Å². The largest absolute Gasteiger partial charge is 0.457 e. The van der Waals surface area contributed by atoms with Crippen LogP contribution in [0.4, 0.5) is 0 Å². The Balaban J connectivity index is 2.56. The molecule has 0 aromatic heterocycles. The number of carbonyl (C=O) groups excluding carboxylic acids is 2. The molecule has 0 amide bonds. The Hall–Kier alpha value is -1.48. The van der Waals surface area contributed by atoms with Crippen LogP contribution in [-0.2, 0) is 27.9 Å². The van der Waals surface area contributed by atoms with E-state index in [1.54, 1.807) is 13.2 Å². The Morgan fingerprint density at radius 3 is 2.04 bits per heavy atom. The minimum absolute atomic E-state index is 0.0147. The summed E-state index contributed by atoms with van der Waals surface area (Å²) < 4.78 is 26.3. The summed E-state index contributed by atoms with van der Waals surface area (Å²) in [5.74, 6) is 5.52. The van der Waals surface area contributed by atoms with E-state index >= 15 is 0 Å². The third kappa shape index (κ3) is 12.7. The number of methoxy groups -OCH3 is 1. The van der Waals surface area contributed by atoms with E-state index in [0.717, 1.165) is 12.0 Å². The monoisotopic (exact) mass is 706 g/mol.